The first kappa shape index (κ1) is 17.6. The first-order valence-electron chi connectivity index (χ1n) is 6.42. The first-order chi connectivity index (χ1) is 11.1. The van der Waals surface area contributed by atoms with Gasteiger partial charge in [0.2, 0.25) is 5.88 Å². The second kappa shape index (κ2) is 6.42. The molecule has 24 heavy (non-hydrogen) atoms. The van der Waals surface area contributed by atoms with Gasteiger partial charge in [-0.25, -0.2) is 9.78 Å². The van der Waals surface area contributed by atoms with Crippen molar-refractivity contribution < 1.29 is 36.2 Å². The van der Waals surface area contributed by atoms with E-state index in [1.54, 1.807) is 0 Å². The molecule has 0 atom stereocenters. The molecule has 2 rings (SSSR count). The number of carbonyl (C=O) groups excluding carboxylic acids is 1. The summed E-state index contributed by atoms with van der Waals surface area (Å²) in [5.41, 5.74) is -1.03. The number of aromatic nitrogens is 1. The minimum atomic E-state index is -5.68. The highest BCUT2D eigenvalue weighted by Crippen LogP contribution is 2.44. The lowest BCUT2D eigenvalue weighted by Crippen LogP contribution is -2.33. The molecule has 0 spiro atoms. The maximum Gasteiger partial charge on any atom is 0.458 e. The summed E-state index contributed by atoms with van der Waals surface area (Å²) in [7, 11) is 1.20. The molecular formula is C15H10F5NO3. The molecule has 2 aromatic rings. The smallest absolute Gasteiger partial charge is 0.458 e. The molecule has 1 aromatic heterocycles. The summed E-state index contributed by atoms with van der Waals surface area (Å²) in [6.07, 6.45) is -4.51. The number of rotatable bonds is 4. The number of halogens is 5. The van der Waals surface area contributed by atoms with Crippen LogP contribution in [0.25, 0.3) is 0 Å². The van der Waals surface area contributed by atoms with Gasteiger partial charge in [-0.3, -0.25) is 0 Å². The Hall–Kier alpha value is -2.71. The van der Waals surface area contributed by atoms with Crippen LogP contribution in [0.3, 0.4) is 0 Å². The summed E-state index contributed by atoms with van der Waals surface area (Å²) in [5.74, 6) is -5.52. The lowest BCUT2D eigenvalue weighted by molar-refractivity contribution is -0.289. The molecule has 0 unspecified atom stereocenters. The molecule has 9 heteroatoms. The second-order valence-corrected chi connectivity index (χ2v) is 4.58. The summed E-state index contributed by atoms with van der Waals surface area (Å²) < 4.78 is 72.8. The highest BCUT2D eigenvalue weighted by molar-refractivity contribution is 5.88. The third kappa shape index (κ3) is 3.61. The summed E-state index contributed by atoms with van der Waals surface area (Å²) >= 11 is 0. The lowest BCUT2D eigenvalue weighted by atomic mass is 10.1. The number of benzene rings is 1. The van der Waals surface area contributed by atoms with Gasteiger partial charge in [-0.15, -0.1) is 0 Å². The van der Waals surface area contributed by atoms with E-state index < -0.39 is 23.6 Å². The van der Waals surface area contributed by atoms with Crippen LogP contribution in [0.2, 0.25) is 0 Å². The Morgan fingerprint density at radius 2 is 1.62 bits per heavy atom. The Bertz CT molecular complexity index is 711. The van der Waals surface area contributed by atoms with Crippen molar-refractivity contribution in [1.29, 1.82) is 0 Å². The Balaban J connectivity index is 2.13. The average Bonchev–Trinajstić information content (AvgIpc) is 2.54. The number of ether oxygens (including phenoxy) is 2. The van der Waals surface area contributed by atoms with Gasteiger partial charge in [-0.05, 0) is 30.3 Å². The van der Waals surface area contributed by atoms with Crippen molar-refractivity contribution in [1.82, 2.24) is 4.98 Å². The standard InChI is InChI=1S/C15H10F5NO3/c1-23-13(22)9-2-7-12(21-8-9)24-11-5-3-10(4-6-11)14(16,17)15(18,19)20/h2-8H,1H3. The van der Waals surface area contributed by atoms with Gasteiger partial charge in [-0.2, -0.15) is 22.0 Å². The SMILES string of the molecule is COC(=O)c1ccc(Oc2ccc(C(F)(F)C(F)(F)F)cc2)nc1. The molecule has 128 valence electrons. The number of alkyl halides is 5. The minimum Gasteiger partial charge on any atom is -0.465 e. The van der Waals surface area contributed by atoms with Crippen LogP contribution < -0.4 is 4.74 Å². The first-order valence-corrected chi connectivity index (χ1v) is 6.42. The maximum atomic E-state index is 13.2. The molecule has 0 radical (unpaired) electrons. The summed E-state index contributed by atoms with van der Waals surface area (Å²) in [5, 5.41) is 0. The van der Waals surface area contributed by atoms with Crippen LogP contribution in [-0.4, -0.2) is 24.2 Å². The van der Waals surface area contributed by atoms with E-state index in [0.717, 1.165) is 12.1 Å². The van der Waals surface area contributed by atoms with Crippen LogP contribution in [-0.2, 0) is 10.7 Å². The van der Waals surface area contributed by atoms with Gasteiger partial charge in [0.1, 0.15) is 5.75 Å². The quantitative estimate of drug-likeness (QED) is 0.611. The van der Waals surface area contributed by atoms with Crippen LogP contribution in [0.5, 0.6) is 11.6 Å². The van der Waals surface area contributed by atoms with Gasteiger partial charge in [0.15, 0.2) is 0 Å². The lowest BCUT2D eigenvalue weighted by Gasteiger charge is -2.19. The van der Waals surface area contributed by atoms with Crippen molar-refractivity contribution in [3.8, 4) is 11.6 Å². The monoisotopic (exact) mass is 347 g/mol. The van der Waals surface area contributed by atoms with Crippen molar-refractivity contribution in [2.75, 3.05) is 7.11 Å². The molecule has 1 heterocycles. The summed E-state index contributed by atoms with van der Waals surface area (Å²) in [6.45, 7) is 0. The third-order valence-electron chi connectivity index (χ3n) is 2.95. The molecule has 0 saturated heterocycles. The molecule has 0 N–H and O–H groups in total. The number of hydrogen-bond donors (Lipinski definition) is 0. The van der Waals surface area contributed by atoms with E-state index in [1.165, 1.54) is 25.4 Å². The van der Waals surface area contributed by atoms with Gasteiger partial charge in [0.05, 0.1) is 12.7 Å². The van der Waals surface area contributed by atoms with E-state index in [2.05, 4.69) is 9.72 Å². The fourth-order valence-corrected chi connectivity index (χ4v) is 1.70. The van der Waals surface area contributed by atoms with Gasteiger partial charge < -0.3 is 9.47 Å². The number of carbonyl (C=O) groups is 1. The van der Waals surface area contributed by atoms with E-state index in [1.807, 2.05) is 0 Å². The van der Waals surface area contributed by atoms with Crippen molar-refractivity contribution in [3.63, 3.8) is 0 Å². The summed E-state index contributed by atoms with van der Waals surface area (Å²) in [4.78, 5) is 15.0. The predicted octanol–water partition coefficient (Wildman–Crippen LogP) is 4.31. The number of esters is 1. The Morgan fingerprint density at radius 1 is 1.00 bits per heavy atom. The van der Waals surface area contributed by atoms with Gasteiger partial charge in [-0.1, -0.05) is 0 Å². The zero-order valence-corrected chi connectivity index (χ0v) is 12.1. The number of hydrogen-bond acceptors (Lipinski definition) is 4. The van der Waals surface area contributed by atoms with Crippen molar-refractivity contribution in [3.05, 3.63) is 53.7 Å². The zero-order valence-electron chi connectivity index (χ0n) is 12.1. The highest BCUT2D eigenvalue weighted by Gasteiger charge is 2.58. The topological polar surface area (TPSA) is 48.4 Å². The van der Waals surface area contributed by atoms with Crippen LogP contribution in [0.4, 0.5) is 22.0 Å². The Kier molecular flexibility index (Phi) is 4.72. The van der Waals surface area contributed by atoms with Gasteiger partial charge >= 0.3 is 18.1 Å². The molecule has 0 aliphatic rings. The molecule has 0 aliphatic heterocycles. The molecule has 4 nitrogen and oxygen atoms in total. The largest absolute Gasteiger partial charge is 0.465 e. The number of nitrogens with zero attached hydrogens (tertiary/aromatic N) is 1. The van der Waals surface area contributed by atoms with Crippen molar-refractivity contribution in [2.24, 2.45) is 0 Å². The molecule has 0 aliphatic carbocycles. The average molecular weight is 347 g/mol. The van der Waals surface area contributed by atoms with E-state index >= 15 is 0 Å². The zero-order chi connectivity index (χ0) is 18.0. The number of pyridine rings is 1. The predicted molar refractivity (Wildman–Crippen MR) is 72.0 cm³/mol. The Morgan fingerprint density at radius 3 is 2.08 bits per heavy atom. The fourth-order valence-electron chi connectivity index (χ4n) is 1.70. The van der Waals surface area contributed by atoms with Gasteiger partial charge in [0.25, 0.3) is 0 Å². The van der Waals surface area contributed by atoms with E-state index in [4.69, 9.17) is 4.74 Å². The highest BCUT2D eigenvalue weighted by atomic mass is 19.4. The van der Waals surface area contributed by atoms with Crippen LogP contribution in [0, 0.1) is 0 Å². The molecule has 1 aromatic carbocycles. The molecule has 0 fully saturated rings. The minimum absolute atomic E-state index is 0.00930. The van der Waals surface area contributed by atoms with Crippen LogP contribution in [0.15, 0.2) is 42.6 Å². The van der Waals surface area contributed by atoms with Crippen molar-refractivity contribution >= 4 is 5.97 Å². The van der Waals surface area contributed by atoms with Crippen LogP contribution >= 0.6 is 0 Å². The molecular weight excluding hydrogens is 337 g/mol. The van der Waals surface area contributed by atoms with E-state index in [0.29, 0.717) is 12.1 Å². The Labute approximate surface area is 132 Å². The molecule has 0 bridgehead atoms. The van der Waals surface area contributed by atoms with Crippen molar-refractivity contribution in [2.45, 2.75) is 12.1 Å². The second-order valence-electron chi connectivity index (χ2n) is 4.58. The normalized spacial score (nSPS) is 11.9. The van der Waals surface area contributed by atoms with E-state index in [-0.39, 0.29) is 17.2 Å². The maximum absolute atomic E-state index is 13.2. The van der Waals surface area contributed by atoms with Gasteiger partial charge in [0, 0.05) is 17.8 Å². The third-order valence-corrected chi connectivity index (χ3v) is 2.95. The van der Waals surface area contributed by atoms with E-state index in [9.17, 15) is 26.7 Å². The number of methoxy groups -OCH3 is 1. The van der Waals surface area contributed by atoms with Crippen LogP contribution in [0.1, 0.15) is 15.9 Å². The molecule has 0 amide bonds. The fraction of sp³-hybridized carbons (Fsp3) is 0.200. The summed E-state index contributed by atoms with van der Waals surface area (Å²) in [6, 6.07) is 5.85. The molecule has 0 saturated carbocycles.